The summed E-state index contributed by atoms with van der Waals surface area (Å²) in [6, 6.07) is 7.87. The second-order valence-corrected chi connectivity index (χ2v) is 8.19. The zero-order chi connectivity index (χ0) is 17.4. The lowest BCUT2D eigenvalue weighted by atomic mass is 9.84. The molecule has 1 N–H and O–H groups in total. The van der Waals surface area contributed by atoms with E-state index in [1.165, 1.54) is 0 Å². The molecule has 24 heavy (non-hydrogen) atoms. The smallest absolute Gasteiger partial charge is 0.248 e. The van der Waals surface area contributed by atoms with Crippen LogP contribution in [0.15, 0.2) is 24.3 Å². The van der Waals surface area contributed by atoms with Crippen LogP contribution in [0.3, 0.4) is 0 Å². The number of nitrogens with one attached hydrogen (secondary N) is 1. The predicted molar refractivity (Wildman–Crippen MR) is 92.3 cm³/mol. The number of amides is 1. The fraction of sp³-hybridized carbons (Fsp3) is 0.556. The molecule has 2 aromatic rings. The number of benzene rings is 1. The van der Waals surface area contributed by atoms with Crippen LogP contribution in [0.1, 0.15) is 51.0 Å². The maximum absolute atomic E-state index is 13.2. The molecule has 1 fully saturated rings. The lowest BCUT2D eigenvalue weighted by Crippen LogP contribution is -2.42. The molecule has 1 heterocycles. The average molecular weight is 352 g/mol. The van der Waals surface area contributed by atoms with Gasteiger partial charge in [-0.1, -0.05) is 12.1 Å². The van der Waals surface area contributed by atoms with Crippen LogP contribution >= 0.6 is 11.3 Å². The highest BCUT2D eigenvalue weighted by molar-refractivity contribution is 7.18. The lowest BCUT2D eigenvalue weighted by molar-refractivity contribution is -0.125. The van der Waals surface area contributed by atoms with Gasteiger partial charge >= 0.3 is 0 Å². The number of rotatable bonds is 4. The minimum atomic E-state index is -2.55. The van der Waals surface area contributed by atoms with Crippen LogP contribution in [0.4, 0.5) is 8.78 Å². The number of para-hydroxylation sites is 1. The van der Waals surface area contributed by atoms with Crippen molar-refractivity contribution in [3.8, 4) is 0 Å². The van der Waals surface area contributed by atoms with Gasteiger partial charge in [-0.15, -0.1) is 11.3 Å². The Bertz CT molecular complexity index is 698. The lowest BCUT2D eigenvalue weighted by Gasteiger charge is -2.29. The van der Waals surface area contributed by atoms with E-state index in [4.69, 9.17) is 0 Å². The summed E-state index contributed by atoms with van der Waals surface area (Å²) in [7, 11) is 0. The van der Waals surface area contributed by atoms with Gasteiger partial charge in [0.15, 0.2) is 0 Å². The molecule has 3 rings (SSSR count). The molecule has 0 atom stereocenters. The Hall–Kier alpha value is -1.56. The summed E-state index contributed by atoms with van der Waals surface area (Å²) >= 11 is 1.57. The molecule has 0 spiro atoms. The molecule has 1 aromatic heterocycles. The summed E-state index contributed by atoms with van der Waals surface area (Å²) in [5.74, 6) is -2.59. The second-order valence-electron chi connectivity index (χ2n) is 7.16. The SMILES string of the molecule is CC(C)(NC(=O)CC1CCC(F)(F)CC1)c1nc2ccccc2s1. The number of carbonyl (C=O) groups is 1. The van der Waals surface area contributed by atoms with Gasteiger partial charge in [0, 0.05) is 19.3 Å². The maximum atomic E-state index is 13.2. The molecule has 130 valence electrons. The Morgan fingerprint density at radius 2 is 2.00 bits per heavy atom. The molecule has 0 bridgehead atoms. The predicted octanol–water partition coefficient (Wildman–Crippen LogP) is 4.86. The van der Waals surface area contributed by atoms with Gasteiger partial charge in [-0.2, -0.15) is 0 Å². The molecule has 3 nitrogen and oxygen atoms in total. The highest BCUT2D eigenvalue weighted by atomic mass is 32.1. The fourth-order valence-corrected chi connectivity index (χ4v) is 4.18. The van der Waals surface area contributed by atoms with E-state index < -0.39 is 11.5 Å². The van der Waals surface area contributed by atoms with E-state index in [1.54, 1.807) is 11.3 Å². The molecule has 6 heteroatoms. The van der Waals surface area contributed by atoms with Crippen molar-refractivity contribution in [1.82, 2.24) is 10.3 Å². The van der Waals surface area contributed by atoms with Crippen molar-refractivity contribution >= 4 is 27.5 Å². The molecular formula is C18H22F2N2OS. The Labute approximate surface area is 144 Å². The summed E-state index contributed by atoms with van der Waals surface area (Å²) in [6.45, 7) is 3.86. The van der Waals surface area contributed by atoms with Crippen LogP contribution < -0.4 is 5.32 Å². The van der Waals surface area contributed by atoms with Gasteiger partial charge in [-0.25, -0.2) is 13.8 Å². The molecule has 0 aliphatic heterocycles. The zero-order valence-electron chi connectivity index (χ0n) is 13.9. The topological polar surface area (TPSA) is 42.0 Å². The van der Waals surface area contributed by atoms with E-state index in [-0.39, 0.29) is 24.7 Å². The number of alkyl halides is 2. The minimum absolute atomic E-state index is 0.0517. The first kappa shape index (κ1) is 17.3. The number of hydrogen-bond acceptors (Lipinski definition) is 3. The van der Waals surface area contributed by atoms with Gasteiger partial charge in [0.1, 0.15) is 5.01 Å². The summed E-state index contributed by atoms with van der Waals surface area (Å²) in [5.41, 5.74) is 0.355. The largest absolute Gasteiger partial charge is 0.345 e. The first-order chi connectivity index (χ1) is 11.3. The average Bonchev–Trinajstić information content (AvgIpc) is 2.94. The van der Waals surface area contributed by atoms with Gasteiger partial charge in [0.2, 0.25) is 11.8 Å². The van der Waals surface area contributed by atoms with E-state index in [2.05, 4.69) is 10.3 Å². The molecule has 1 saturated carbocycles. The van der Waals surface area contributed by atoms with Crippen LogP contribution in [-0.4, -0.2) is 16.8 Å². The molecule has 0 unspecified atom stereocenters. The Kier molecular flexibility index (Phi) is 4.60. The molecule has 0 radical (unpaired) electrons. The summed E-state index contributed by atoms with van der Waals surface area (Å²) in [6.07, 6.45) is 0.937. The maximum Gasteiger partial charge on any atom is 0.248 e. The van der Waals surface area contributed by atoms with E-state index in [0.717, 1.165) is 15.2 Å². The Morgan fingerprint density at radius 1 is 1.33 bits per heavy atom. The third-order valence-corrected chi connectivity index (χ3v) is 5.95. The van der Waals surface area contributed by atoms with Crippen LogP contribution in [0.2, 0.25) is 0 Å². The van der Waals surface area contributed by atoms with Crippen molar-refractivity contribution in [2.75, 3.05) is 0 Å². The Balaban J connectivity index is 1.62. The van der Waals surface area contributed by atoms with Crippen LogP contribution in [0.5, 0.6) is 0 Å². The monoisotopic (exact) mass is 352 g/mol. The molecule has 1 aromatic carbocycles. The van der Waals surface area contributed by atoms with Crippen molar-refractivity contribution in [2.24, 2.45) is 5.92 Å². The zero-order valence-corrected chi connectivity index (χ0v) is 14.8. The van der Waals surface area contributed by atoms with Gasteiger partial charge in [0.25, 0.3) is 0 Å². The molecular weight excluding hydrogens is 330 g/mol. The quantitative estimate of drug-likeness (QED) is 0.853. The first-order valence-corrected chi connectivity index (χ1v) is 9.12. The summed E-state index contributed by atoms with van der Waals surface area (Å²) in [5, 5.41) is 3.88. The fourth-order valence-electron chi connectivity index (χ4n) is 3.16. The minimum Gasteiger partial charge on any atom is -0.345 e. The standard InChI is InChI=1S/C18H22F2N2OS/c1-17(2,16-21-13-5-3-4-6-14(13)24-16)22-15(23)11-12-7-9-18(19,20)10-8-12/h3-6,12H,7-11H2,1-2H3,(H,22,23). The second kappa shape index (κ2) is 6.39. The number of hydrogen-bond donors (Lipinski definition) is 1. The highest BCUT2D eigenvalue weighted by Gasteiger charge is 2.36. The van der Waals surface area contributed by atoms with E-state index in [9.17, 15) is 13.6 Å². The number of thiazole rings is 1. The van der Waals surface area contributed by atoms with Crippen molar-refractivity contribution in [2.45, 2.75) is 57.4 Å². The number of fused-ring (bicyclic) bond motifs is 1. The van der Waals surface area contributed by atoms with E-state index >= 15 is 0 Å². The van der Waals surface area contributed by atoms with Crippen molar-refractivity contribution in [1.29, 1.82) is 0 Å². The molecule has 1 aliphatic carbocycles. The third-order valence-electron chi connectivity index (χ3n) is 4.59. The highest BCUT2D eigenvalue weighted by Crippen LogP contribution is 2.37. The molecule has 0 saturated heterocycles. The number of carbonyl (C=O) groups excluding carboxylic acids is 1. The van der Waals surface area contributed by atoms with Crippen molar-refractivity contribution in [3.05, 3.63) is 29.3 Å². The van der Waals surface area contributed by atoms with Gasteiger partial charge in [0.05, 0.1) is 15.8 Å². The van der Waals surface area contributed by atoms with Crippen molar-refractivity contribution in [3.63, 3.8) is 0 Å². The van der Waals surface area contributed by atoms with Crippen LogP contribution in [-0.2, 0) is 10.3 Å². The normalized spacial score (nSPS) is 18.7. The van der Waals surface area contributed by atoms with Crippen molar-refractivity contribution < 1.29 is 13.6 Å². The third kappa shape index (κ3) is 3.91. The van der Waals surface area contributed by atoms with Gasteiger partial charge in [-0.3, -0.25) is 4.79 Å². The van der Waals surface area contributed by atoms with E-state index in [1.807, 2.05) is 38.1 Å². The summed E-state index contributed by atoms with van der Waals surface area (Å²) < 4.78 is 27.5. The van der Waals surface area contributed by atoms with Crippen LogP contribution in [0, 0.1) is 5.92 Å². The number of halogens is 2. The first-order valence-electron chi connectivity index (χ1n) is 8.30. The van der Waals surface area contributed by atoms with Crippen LogP contribution in [0.25, 0.3) is 10.2 Å². The molecule has 1 amide bonds. The number of aromatic nitrogens is 1. The van der Waals surface area contributed by atoms with E-state index in [0.29, 0.717) is 19.3 Å². The number of nitrogens with zero attached hydrogens (tertiary/aromatic N) is 1. The summed E-state index contributed by atoms with van der Waals surface area (Å²) in [4.78, 5) is 17.0. The van der Waals surface area contributed by atoms with Gasteiger partial charge in [-0.05, 0) is 44.7 Å². The Morgan fingerprint density at radius 3 is 2.67 bits per heavy atom. The molecule has 1 aliphatic rings. The van der Waals surface area contributed by atoms with Gasteiger partial charge < -0.3 is 5.32 Å².